The molecule has 0 radical (unpaired) electrons. The first-order valence-electron chi connectivity index (χ1n) is 8.37. The summed E-state index contributed by atoms with van der Waals surface area (Å²) >= 11 is 0. The molecule has 3 unspecified atom stereocenters. The number of hydrogen-bond acceptors (Lipinski definition) is 4. The molecule has 6 nitrogen and oxygen atoms in total. The second-order valence-corrected chi connectivity index (χ2v) is 6.42. The van der Waals surface area contributed by atoms with E-state index < -0.39 is 0 Å². The van der Waals surface area contributed by atoms with Crippen LogP contribution >= 0.6 is 12.4 Å². The van der Waals surface area contributed by atoms with Gasteiger partial charge in [0, 0.05) is 26.1 Å². The zero-order valence-electron chi connectivity index (χ0n) is 15.0. The summed E-state index contributed by atoms with van der Waals surface area (Å²) in [5, 5.41) is 2.96. The number of halogens is 1. The van der Waals surface area contributed by atoms with E-state index in [1.54, 1.807) is 19.1 Å². The Morgan fingerprint density at radius 2 is 2.04 bits per heavy atom. The fraction of sp³-hybridized carbons (Fsp3) is 0.556. The quantitative estimate of drug-likeness (QED) is 0.801. The third-order valence-corrected chi connectivity index (χ3v) is 4.55. The molecule has 1 heterocycles. The average molecular weight is 370 g/mol. The molecule has 1 aliphatic heterocycles. The maximum Gasteiger partial charge on any atom is 0.225 e. The van der Waals surface area contributed by atoms with Crippen LogP contribution in [0.25, 0.3) is 0 Å². The zero-order valence-corrected chi connectivity index (χ0v) is 15.8. The molecule has 1 saturated heterocycles. The van der Waals surface area contributed by atoms with Crippen molar-refractivity contribution < 1.29 is 14.3 Å². The van der Waals surface area contributed by atoms with Crippen LogP contribution in [0.5, 0.6) is 5.75 Å². The molecular weight excluding hydrogens is 342 g/mol. The van der Waals surface area contributed by atoms with Gasteiger partial charge in [0.05, 0.1) is 19.1 Å². The Kier molecular flexibility index (Phi) is 8.19. The van der Waals surface area contributed by atoms with E-state index in [2.05, 4.69) is 5.32 Å². The molecule has 3 N–H and O–H groups in total. The van der Waals surface area contributed by atoms with E-state index >= 15 is 0 Å². The van der Waals surface area contributed by atoms with Crippen molar-refractivity contribution in [2.75, 3.05) is 20.7 Å². The maximum atomic E-state index is 12.6. The number of methoxy groups -OCH3 is 1. The van der Waals surface area contributed by atoms with E-state index in [9.17, 15) is 9.59 Å². The van der Waals surface area contributed by atoms with E-state index in [-0.39, 0.29) is 42.2 Å². The van der Waals surface area contributed by atoms with Crippen molar-refractivity contribution in [3.63, 3.8) is 0 Å². The Morgan fingerprint density at radius 3 is 2.60 bits per heavy atom. The molecule has 140 valence electrons. The normalized spacial score (nSPS) is 21.3. The van der Waals surface area contributed by atoms with Crippen LogP contribution in [0, 0.1) is 5.92 Å². The predicted molar refractivity (Wildman–Crippen MR) is 99.8 cm³/mol. The van der Waals surface area contributed by atoms with Crippen LogP contribution in [-0.4, -0.2) is 43.5 Å². The van der Waals surface area contributed by atoms with Gasteiger partial charge in [-0.05, 0) is 37.5 Å². The van der Waals surface area contributed by atoms with Crippen LogP contribution in [0.3, 0.4) is 0 Å². The molecule has 2 amide bonds. The summed E-state index contributed by atoms with van der Waals surface area (Å²) in [6.07, 6.45) is 1.69. The molecule has 0 aromatic heterocycles. The van der Waals surface area contributed by atoms with Gasteiger partial charge in [-0.2, -0.15) is 0 Å². The van der Waals surface area contributed by atoms with Gasteiger partial charge >= 0.3 is 0 Å². The van der Waals surface area contributed by atoms with Crippen LogP contribution in [0.1, 0.15) is 37.8 Å². The largest absolute Gasteiger partial charge is 0.497 e. The van der Waals surface area contributed by atoms with Crippen LogP contribution in [-0.2, 0) is 9.59 Å². The number of nitrogens with zero attached hydrogens (tertiary/aromatic N) is 1. The molecule has 2 rings (SSSR count). The van der Waals surface area contributed by atoms with Gasteiger partial charge in [-0.25, -0.2) is 0 Å². The first-order chi connectivity index (χ1) is 11.4. The summed E-state index contributed by atoms with van der Waals surface area (Å²) in [5.41, 5.74) is 6.67. The van der Waals surface area contributed by atoms with Crippen molar-refractivity contribution in [3.05, 3.63) is 29.8 Å². The first-order valence-corrected chi connectivity index (χ1v) is 8.37. The highest BCUT2D eigenvalue weighted by Gasteiger charge is 2.38. The summed E-state index contributed by atoms with van der Waals surface area (Å²) in [6.45, 7) is 2.47. The van der Waals surface area contributed by atoms with Crippen LogP contribution in [0.4, 0.5) is 0 Å². The van der Waals surface area contributed by atoms with Crippen molar-refractivity contribution in [2.24, 2.45) is 11.7 Å². The van der Waals surface area contributed by atoms with Gasteiger partial charge in [0.2, 0.25) is 11.8 Å². The Morgan fingerprint density at radius 1 is 1.40 bits per heavy atom. The van der Waals surface area contributed by atoms with Gasteiger partial charge in [0.15, 0.2) is 0 Å². The third kappa shape index (κ3) is 5.34. The molecule has 0 aliphatic carbocycles. The Hall–Kier alpha value is -1.79. The van der Waals surface area contributed by atoms with Gasteiger partial charge in [0.25, 0.3) is 0 Å². The topological polar surface area (TPSA) is 84.7 Å². The molecule has 7 heteroatoms. The minimum Gasteiger partial charge on any atom is -0.497 e. The number of likely N-dealkylation sites (tertiary alicyclic amines) is 1. The Balaban J connectivity index is 0.00000312. The standard InChI is InChI=1S/C18H27N3O3.ClH/c1-12(19)10-11-20-18(23)15-8-9-16(22)21(2)17(15)13-4-6-14(24-3)7-5-13;/h4-7,12,15,17H,8-11,19H2,1-3H3,(H,20,23);1H. The molecule has 3 atom stereocenters. The van der Waals surface area contributed by atoms with E-state index in [1.807, 2.05) is 31.2 Å². The lowest BCUT2D eigenvalue weighted by atomic mass is 9.84. The number of benzene rings is 1. The Labute approximate surface area is 155 Å². The second kappa shape index (κ2) is 9.63. The van der Waals surface area contributed by atoms with Crippen molar-refractivity contribution in [1.82, 2.24) is 10.2 Å². The van der Waals surface area contributed by atoms with Gasteiger partial charge in [-0.15, -0.1) is 12.4 Å². The molecule has 25 heavy (non-hydrogen) atoms. The molecule has 0 bridgehead atoms. The van der Waals surface area contributed by atoms with E-state index in [1.165, 1.54) is 0 Å². The highest BCUT2D eigenvalue weighted by molar-refractivity contribution is 5.85. The number of carbonyl (C=O) groups is 2. The van der Waals surface area contributed by atoms with Crippen molar-refractivity contribution in [1.29, 1.82) is 0 Å². The van der Waals surface area contributed by atoms with E-state index in [0.717, 1.165) is 17.7 Å². The number of amides is 2. The summed E-state index contributed by atoms with van der Waals surface area (Å²) in [4.78, 5) is 26.4. The van der Waals surface area contributed by atoms with E-state index in [0.29, 0.717) is 19.4 Å². The monoisotopic (exact) mass is 369 g/mol. The Bertz CT molecular complexity index is 577. The number of nitrogens with two attached hydrogens (primary N) is 1. The number of piperidine rings is 1. The van der Waals surface area contributed by atoms with E-state index in [4.69, 9.17) is 10.5 Å². The highest BCUT2D eigenvalue weighted by atomic mass is 35.5. The second-order valence-electron chi connectivity index (χ2n) is 6.42. The van der Waals surface area contributed by atoms with Crippen LogP contribution in [0.2, 0.25) is 0 Å². The molecule has 0 saturated carbocycles. The summed E-state index contributed by atoms with van der Waals surface area (Å²) in [7, 11) is 3.37. The number of rotatable bonds is 6. The van der Waals surface area contributed by atoms with Gasteiger partial charge in [0.1, 0.15) is 5.75 Å². The smallest absolute Gasteiger partial charge is 0.225 e. The SMILES string of the molecule is COc1ccc(C2C(C(=O)NCCC(C)N)CCC(=O)N2C)cc1.Cl. The molecule has 1 aromatic rings. The highest BCUT2D eigenvalue weighted by Crippen LogP contribution is 2.36. The van der Waals surface area contributed by atoms with Gasteiger partial charge in [-0.3, -0.25) is 9.59 Å². The van der Waals surface area contributed by atoms with Crippen LogP contribution in [0.15, 0.2) is 24.3 Å². The van der Waals surface area contributed by atoms with Crippen molar-refractivity contribution >= 4 is 24.2 Å². The number of nitrogens with one attached hydrogen (secondary N) is 1. The van der Waals surface area contributed by atoms with Gasteiger partial charge in [-0.1, -0.05) is 12.1 Å². The first kappa shape index (κ1) is 21.3. The number of hydrogen-bond donors (Lipinski definition) is 2. The lowest BCUT2D eigenvalue weighted by Gasteiger charge is -2.38. The fourth-order valence-electron chi connectivity index (χ4n) is 3.12. The number of ether oxygens (including phenoxy) is 1. The molecule has 1 aromatic carbocycles. The molecule has 1 aliphatic rings. The van der Waals surface area contributed by atoms with Crippen molar-refractivity contribution in [2.45, 2.75) is 38.3 Å². The fourth-order valence-corrected chi connectivity index (χ4v) is 3.12. The molecule has 1 fully saturated rings. The lowest BCUT2D eigenvalue weighted by Crippen LogP contribution is -2.46. The summed E-state index contributed by atoms with van der Waals surface area (Å²) in [6, 6.07) is 7.34. The number of carbonyl (C=O) groups excluding carboxylic acids is 2. The predicted octanol–water partition coefficient (Wildman–Crippen LogP) is 1.88. The minimum absolute atomic E-state index is 0. The lowest BCUT2D eigenvalue weighted by molar-refractivity contribution is -0.141. The van der Waals surface area contributed by atoms with Crippen molar-refractivity contribution in [3.8, 4) is 5.75 Å². The summed E-state index contributed by atoms with van der Waals surface area (Å²) in [5.74, 6) is 0.543. The summed E-state index contributed by atoms with van der Waals surface area (Å²) < 4.78 is 5.18. The van der Waals surface area contributed by atoms with Crippen LogP contribution < -0.4 is 15.8 Å². The molecular formula is C18H28ClN3O3. The maximum absolute atomic E-state index is 12.6. The molecule has 0 spiro atoms. The van der Waals surface area contributed by atoms with Gasteiger partial charge < -0.3 is 20.7 Å². The minimum atomic E-state index is -0.257. The average Bonchev–Trinajstić information content (AvgIpc) is 2.57. The zero-order chi connectivity index (χ0) is 17.7. The third-order valence-electron chi connectivity index (χ3n) is 4.55.